The second-order valence-electron chi connectivity index (χ2n) is 3.63. The zero-order chi connectivity index (χ0) is 11.3. The number of hydrogen-bond acceptors (Lipinski definition) is 5. The molecule has 0 fully saturated rings. The van der Waals surface area contributed by atoms with Crippen LogP contribution in [0, 0.1) is 0 Å². The highest BCUT2D eigenvalue weighted by atomic mass is 16.3. The first kappa shape index (κ1) is 11.7. The summed E-state index contributed by atoms with van der Waals surface area (Å²) in [5.41, 5.74) is 5.30. The van der Waals surface area contributed by atoms with Gasteiger partial charge in [0.25, 0.3) is 0 Å². The third kappa shape index (κ3) is 3.36. The van der Waals surface area contributed by atoms with E-state index in [0.717, 1.165) is 0 Å². The fourth-order valence-corrected chi connectivity index (χ4v) is 1.17. The van der Waals surface area contributed by atoms with Crippen molar-refractivity contribution in [2.45, 2.75) is 32.3 Å². The van der Waals surface area contributed by atoms with E-state index in [0.29, 0.717) is 31.0 Å². The number of nitrogens with one attached hydrogen (secondary N) is 1. The van der Waals surface area contributed by atoms with Crippen molar-refractivity contribution in [3.8, 4) is 0 Å². The summed E-state index contributed by atoms with van der Waals surface area (Å²) in [4.78, 5) is 7.98. The van der Waals surface area contributed by atoms with Crippen LogP contribution in [0.1, 0.15) is 26.7 Å². The Labute approximate surface area is 89.7 Å². The average Bonchev–Trinajstić information content (AvgIpc) is 2.28. The molecule has 0 saturated heterocycles. The molecule has 5 heteroatoms. The van der Waals surface area contributed by atoms with Gasteiger partial charge in [0.15, 0.2) is 0 Å². The molecule has 0 aromatic carbocycles. The molecule has 0 saturated carbocycles. The summed E-state index contributed by atoms with van der Waals surface area (Å²) < 4.78 is 0. The standard InChI is InChI=1S/C10H18N4O/c1-3-10(15,4-2)7-14-9-12-5-8(11)6-13-9/h5-6,15H,3-4,7,11H2,1-2H3,(H,12,13,14). The number of anilines is 2. The van der Waals surface area contributed by atoms with E-state index in [2.05, 4.69) is 15.3 Å². The molecule has 5 nitrogen and oxygen atoms in total. The first-order valence-electron chi connectivity index (χ1n) is 5.13. The van der Waals surface area contributed by atoms with Crippen molar-refractivity contribution in [3.63, 3.8) is 0 Å². The molecule has 1 heterocycles. The second-order valence-corrected chi connectivity index (χ2v) is 3.63. The Bertz CT molecular complexity index is 295. The summed E-state index contributed by atoms with van der Waals surface area (Å²) in [6, 6.07) is 0. The third-order valence-electron chi connectivity index (χ3n) is 2.56. The molecular weight excluding hydrogens is 192 g/mol. The van der Waals surface area contributed by atoms with Gasteiger partial charge in [0, 0.05) is 6.54 Å². The van der Waals surface area contributed by atoms with Gasteiger partial charge in [0.1, 0.15) is 0 Å². The van der Waals surface area contributed by atoms with Crippen LogP contribution in [0.3, 0.4) is 0 Å². The van der Waals surface area contributed by atoms with Crippen LogP contribution in [0.15, 0.2) is 12.4 Å². The molecule has 4 N–H and O–H groups in total. The molecule has 84 valence electrons. The largest absolute Gasteiger partial charge is 0.396 e. The minimum atomic E-state index is -0.690. The molecule has 1 rings (SSSR count). The molecule has 0 amide bonds. The summed E-state index contributed by atoms with van der Waals surface area (Å²) in [6.07, 6.45) is 4.47. The van der Waals surface area contributed by atoms with Gasteiger partial charge >= 0.3 is 0 Å². The predicted octanol–water partition coefficient (Wildman–Crippen LogP) is 1.02. The maximum absolute atomic E-state index is 10.0. The van der Waals surface area contributed by atoms with E-state index in [9.17, 15) is 5.11 Å². The Hall–Kier alpha value is -1.36. The lowest BCUT2D eigenvalue weighted by Gasteiger charge is -2.25. The number of rotatable bonds is 5. The van der Waals surface area contributed by atoms with Gasteiger partial charge in [-0.15, -0.1) is 0 Å². The number of hydrogen-bond donors (Lipinski definition) is 3. The zero-order valence-corrected chi connectivity index (χ0v) is 9.20. The molecule has 0 aliphatic heterocycles. The second kappa shape index (κ2) is 4.93. The Morgan fingerprint density at radius 1 is 1.33 bits per heavy atom. The zero-order valence-electron chi connectivity index (χ0n) is 9.20. The van der Waals surface area contributed by atoms with Gasteiger partial charge in [0.2, 0.25) is 5.95 Å². The van der Waals surface area contributed by atoms with E-state index in [1.54, 1.807) is 0 Å². The number of nitrogens with zero attached hydrogens (tertiary/aromatic N) is 2. The van der Waals surface area contributed by atoms with E-state index in [1.165, 1.54) is 12.4 Å². The number of nitrogen functional groups attached to an aromatic ring is 1. The molecule has 0 atom stereocenters. The predicted molar refractivity (Wildman–Crippen MR) is 60.5 cm³/mol. The summed E-state index contributed by atoms with van der Waals surface area (Å²) in [6.45, 7) is 4.36. The molecule has 0 spiro atoms. The van der Waals surface area contributed by atoms with Crippen molar-refractivity contribution >= 4 is 11.6 Å². The van der Waals surface area contributed by atoms with Gasteiger partial charge in [0.05, 0.1) is 23.7 Å². The van der Waals surface area contributed by atoms with E-state index in [1.807, 2.05) is 13.8 Å². The summed E-state index contributed by atoms with van der Waals surface area (Å²) in [5, 5.41) is 13.0. The Kier molecular flexibility index (Phi) is 3.85. The molecule has 0 unspecified atom stereocenters. The van der Waals surface area contributed by atoms with E-state index < -0.39 is 5.60 Å². The lowest BCUT2D eigenvalue weighted by atomic mass is 9.98. The molecule has 1 aromatic heterocycles. The van der Waals surface area contributed by atoms with E-state index in [-0.39, 0.29) is 0 Å². The van der Waals surface area contributed by atoms with Gasteiger partial charge in [-0.05, 0) is 12.8 Å². The van der Waals surface area contributed by atoms with Crippen LogP contribution in [0.4, 0.5) is 11.6 Å². The van der Waals surface area contributed by atoms with Crippen molar-refractivity contribution in [2.75, 3.05) is 17.6 Å². The van der Waals surface area contributed by atoms with Crippen molar-refractivity contribution in [1.82, 2.24) is 9.97 Å². The van der Waals surface area contributed by atoms with Crippen molar-refractivity contribution in [1.29, 1.82) is 0 Å². The Morgan fingerprint density at radius 3 is 2.33 bits per heavy atom. The maximum atomic E-state index is 10.0. The first-order chi connectivity index (χ1) is 7.09. The molecule has 0 radical (unpaired) electrons. The minimum absolute atomic E-state index is 0.448. The highest BCUT2D eigenvalue weighted by Crippen LogP contribution is 2.14. The van der Waals surface area contributed by atoms with Gasteiger partial charge in [-0.3, -0.25) is 0 Å². The van der Waals surface area contributed by atoms with Crippen LogP contribution in [0.25, 0.3) is 0 Å². The van der Waals surface area contributed by atoms with E-state index in [4.69, 9.17) is 5.73 Å². The molecule has 15 heavy (non-hydrogen) atoms. The van der Waals surface area contributed by atoms with Crippen LogP contribution in [-0.2, 0) is 0 Å². The monoisotopic (exact) mass is 210 g/mol. The fraction of sp³-hybridized carbons (Fsp3) is 0.600. The lowest BCUT2D eigenvalue weighted by molar-refractivity contribution is 0.0455. The lowest BCUT2D eigenvalue weighted by Crippen LogP contribution is -2.35. The number of aromatic nitrogens is 2. The highest BCUT2D eigenvalue weighted by Gasteiger charge is 2.21. The van der Waals surface area contributed by atoms with Crippen molar-refractivity contribution < 1.29 is 5.11 Å². The van der Waals surface area contributed by atoms with Crippen LogP contribution < -0.4 is 11.1 Å². The summed E-state index contributed by atoms with van der Waals surface area (Å²) >= 11 is 0. The maximum Gasteiger partial charge on any atom is 0.222 e. The third-order valence-corrected chi connectivity index (χ3v) is 2.56. The van der Waals surface area contributed by atoms with Gasteiger partial charge < -0.3 is 16.2 Å². The summed E-state index contributed by atoms with van der Waals surface area (Å²) in [5.74, 6) is 0.490. The average molecular weight is 210 g/mol. The summed E-state index contributed by atoms with van der Waals surface area (Å²) in [7, 11) is 0. The quantitative estimate of drug-likeness (QED) is 0.675. The van der Waals surface area contributed by atoms with Crippen LogP contribution >= 0.6 is 0 Å². The van der Waals surface area contributed by atoms with E-state index >= 15 is 0 Å². The normalized spacial score (nSPS) is 11.4. The minimum Gasteiger partial charge on any atom is -0.396 e. The SMILES string of the molecule is CCC(O)(CC)CNc1ncc(N)cn1. The topological polar surface area (TPSA) is 84.1 Å². The molecule has 0 bridgehead atoms. The number of aliphatic hydroxyl groups is 1. The highest BCUT2D eigenvalue weighted by molar-refractivity contribution is 5.36. The van der Waals surface area contributed by atoms with Crippen LogP contribution in [0.5, 0.6) is 0 Å². The first-order valence-corrected chi connectivity index (χ1v) is 5.13. The Balaban J connectivity index is 2.53. The van der Waals surface area contributed by atoms with Crippen LogP contribution in [-0.4, -0.2) is 27.2 Å². The molecule has 0 aliphatic rings. The number of nitrogens with two attached hydrogens (primary N) is 1. The smallest absolute Gasteiger partial charge is 0.222 e. The van der Waals surface area contributed by atoms with Crippen molar-refractivity contribution in [2.24, 2.45) is 0 Å². The Morgan fingerprint density at radius 2 is 1.87 bits per heavy atom. The van der Waals surface area contributed by atoms with Gasteiger partial charge in [-0.2, -0.15) is 0 Å². The molecule has 0 aliphatic carbocycles. The van der Waals surface area contributed by atoms with Crippen molar-refractivity contribution in [3.05, 3.63) is 12.4 Å². The molecular formula is C10H18N4O. The molecule has 1 aromatic rings. The fourth-order valence-electron chi connectivity index (χ4n) is 1.17. The van der Waals surface area contributed by atoms with Gasteiger partial charge in [-0.25, -0.2) is 9.97 Å². The van der Waals surface area contributed by atoms with Gasteiger partial charge in [-0.1, -0.05) is 13.8 Å². The van der Waals surface area contributed by atoms with Crippen LogP contribution in [0.2, 0.25) is 0 Å².